The van der Waals surface area contributed by atoms with E-state index in [1.807, 2.05) is 17.3 Å². The monoisotopic (exact) mass is 620 g/mol. The van der Waals surface area contributed by atoms with Gasteiger partial charge in [-0.1, -0.05) is 62.3 Å². The van der Waals surface area contributed by atoms with Crippen molar-refractivity contribution >= 4 is 33.5 Å². The Morgan fingerprint density at radius 1 is 0.312 bits per heavy atom. The molecule has 0 atom stereocenters. The number of hydrogen-bond donors (Lipinski definition) is 0. The summed E-state index contributed by atoms with van der Waals surface area (Å²) in [5, 5.41) is 0. The first kappa shape index (κ1) is 41.3. The Labute approximate surface area is 225 Å². The van der Waals surface area contributed by atoms with Gasteiger partial charge in [-0.2, -0.15) is 0 Å². The second kappa shape index (κ2) is 40.4. The number of rotatable bonds is 18. The van der Waals surface area contributed by atoms with Crippen molar-refractivity contribution in [2.45, 2.75) is 120 Å². The summed E-state index contributed by atoms with van der Waals surface area (Å²) in [6.07, 6.45) is 26.6. The Balaban J connectivity index is -0.000000176. The van der Waals surface area contributed by atoms with Gasteiger partial charge in [0.25, 0.3) is 0 Å². The average molecular weight is 620 g/mol. The molecule has 0 rings (SSSR count). The molecule has 5 heteroatoms. The second-order valence-corrected chi connectivity index (χ2v) is 18.0. The third-order valence-electron chi connectivity index (χ3n) is 5.43. The molecule has 0 spiro atoms. The Morgan fingerprint density at radius 3 is 0.469 bits per heavy atom. The van der Waals surface area contributed by atoms with Gasteiger partial charge in [-0.3, -0.25) is 0 Å². The summed E-state index contributed by atoms with van der Waals surface area (Å²) in [5.74, 6) is 0. The molecule has 0 aromatic heterocycles. The van der Waals surface area contributed by atoms with E-state index in [4.69, 9.17) is 0 Å². The van der Waals surface area contributed by atoms with Crippen LogP contribution in [0.1, 0.15) is 120 Å². The quantitative estimate of drug-likeness (QED) is 0.106. The van der Waals surface area contributed by atoms with Gasteiger partial charge in [-0.05, 0) is 57.8 Å². The van der Waals surface area contributed by atoms with E-state index in [1.54, 1.807) is 55.5 Å². The molecule has 0 nitrogen and oxygen atoms in total. The van der Waals surface area contributed by atoms with Crippen LogP contribution in [0.15, 0.2) is 0 Å². The molecule has 0 radical (unpaired) electrons. The van der Waals surface area contributed by atoms with Gasteiger partial charge in [-0.15, -0.1) is 0 Å². The molecule has 0 saturated heterocycles. The van der Waals surface area contributed by atoms with Crippen LogP contribution in [0.2, 0.25) is 0 Å². The first-order valence-electron chi connectivity index (χ1n) is 14.2. The topological polar surface area (TPSA) is 0 Å². The van der Waals surface area contributed by atoms with Crippen molar-refractivity contribution in [1.29, 1.82) is 0 Å². The van der Waals surface area contributed by atoms with Gasteiger partial charge in [0.2, 0.25) is 0 Å². The molecule has 0 aromatic rings. The Bertz CT molecular complexity index is 198. The van der Waals surface area contributed by atoms with E-state index in [1.165, 1.54) is 57.8 Å². The zero-order valence-electron chi connectivity index (χ0n) is 24.0. The van der Waals surface area contributed by atoms with Gasteiger partial charge in [0, 0.05) is 23.8 Å². The summed E-state index contributed by atoms with van der Waals surface area (Å²) in [7, 11) is 4.88. The van der Waals surface area contributed by atoms with Crippen LogP contribution in [0.4, 0.5) is 0 Å². The molecular weight excluding hydrogens is 554 g/mol. The maximum absolute atomic E-state index is 4.57. The zero-order valence-corrected chi connectivity index (χ0v) is 29.5. The molecule has 0 aliphatic heterocycles. The zero-order chi connectivity index (χ0) is 25.5. The first-order valence-corrected chi connectivity index (χ1v) is 22.8. The van der Waals surface area contributed by atoms with E-state index in [9.17, 15) is 0 Å². The van der Waals surface area contributed by atoms with E-state index in [0.29, 0.717) is 0 Å². The van der Waals surface area contributed by atoms with Crippen molar-refractivity contribution in [3.8, 4) is 0 Å². The van der Waals surface area contributed by atoms with Gasteiger partial charge in [-0.25, -0.2) is 0 Å². The summed E-state index contributed by atoms with van der Waals surface area (Å²) in [5.41, 5.74) is 0. The third-order valence-corrected chi connectivity index (χ3v) is 16.3. The molecule has 201 valence electrons. The standard InChI is InChI=1S/3C9H21P.ClH.Ru/c3*1-4-7-10(8-5-2)9-6-3;;/h3*4-9H2,1-3H3;1H;/q;;;;+1/p+2. The van der Waals surface area contributed by atoms with E-state index in [2.05, 4.69) is 72.0 Å². The van der Waals surface area contributed by atoms with E-state index >= 15 is 0 Å². The van der Waals surface area contributed by atoms with Gasteiger partial charge < -0.3 is 0 Å². The van der Waals surface area contributed by atoms with Crippen LogP contribution in [0.5, 0.6) is 0 Å². The Morgan fingerprint density at radius 2 is 0.406 bits per heavy atom. The van der Waals surface area contributed by atoms with E-state index in [-0.39, 0.29) is 23.8 Å². The number of hydrogen-bond acceptors (Lipinski definition) is 0. The van der Waals surface area contributed by atoms with Crippen LogP contribution in [-0.4, -0.2) is 55.5 Å². The predicted molar refractivity (Wildman–Crippen MR) is 167 cm³/mol. The predicted octanol–water partition coefficient (Wildman–Crippen LogP) is 11.0. The Hall–Kier alpha value is 2.20. The summed E-state index contributed by atoms with van der Waals surface area (Å²) >= 11 is 1.82. The normalized spacial score (nSPS) is 10.3. The Kier molecular flexibility index (Phi) is 52.2. The van der Waals surface area contributed by atoms with Crippen molar-refractivity contribution in [3.63, 3.8) is 0 Å². The molecular formula is C27H66ClP3Ru+3. The molecule has 0 fully saturated rings. The second-order valence-electron chi connectivity index (χ2n) is 9.00. The average Bonchev–Trinajstić information content (AvgIpc) is 2.78. The van der Waals surface area contributed by atoms with Crippen LogP contribution in [0.25, 0.3) is 0 Å². The number of halogens is 1. The van der Waals surface area contributed by atoms with Gasteiger partial charge in [0.05, 0.1) is 55.5 Å². The minimum atomic E-state index is 0.103. The molecule has 0 aromatic carbocycles. The van der Waals surface area contributed by atoms with Crippen molar-refractivity contribution in [2.24, 2.45) is 0 Å². The van der Waals surface area contributed by atoms with Crippen molar-refractivity contribution in [3.05, 3.63) is 0 Å². The maximum atomic E-state index is 4.57. The fourth-order valence-electron chi connectivity index (χ4n) is 4.31. The summed E-state index contributed by atoms with van der Waals surface area (Å²) in [4.78, 5) is 0. The molecule has 0 amide bonds. The summed E-state index contributed by atoms with van der Waals surface area (Å²) < 4.78 is 0. The summed E-state index contributed by atoms with van der Waals surface area (Å²) in [6, 6.07) is 0. The van der Waals surface area contributed by atoms with E-state index < -0.39 is 0 Å². The molecule has 32 heavy (non-hydrogen) atoms. The third kappa shape index (κ3) is 36.8. The SMILES string of the molecule is CCC[PH+](CCC)CCC.CCC[PH+](CCC)CCC.CCC[PH+](CCC)CCC.[Cl][Ru]. The molecule has 0 unspecified atom stereocenters. The van der Waals surface area contributed by atoms with Crippen LogP contribution in [0, 0.1) is 0 Å². The molecule has 0 bridgehead atoms. The summed E-state index contributed by atoms with van der Waals surface area (Å²) in [6.45, 7) is 20.8. The van der Waals surface area contributed by atoms with Crippen LogP contribution < -0.4 is 0 Å². The van der Waals surface area contributed by atoms with E-state index in [0.717, 1.165) is 0 Å². The van der Waals surface area contributed by atoms with Crippen LogP contribution >= 0.6 is 33.5 Å². The van der Waals surface area contributed by atoms with Gasteiger partial charge in [0.1, 0.15) is 0 Å². The molecule has 0 heterocycles. The van der Waals surface area contributed by atoms with Crippen molar-refractivity contribution < 1.29 is 17.3 Å². The van der Waals surface area contributed by atoms with Gasteiger partial charge in [0.15, 0.2) is 0 Å². The van der Waals surface area contributed by atoms with Crippen molar-refractivity contribution in [2.75, 3.05) is 55.5 Å². The molecule has 0 aliphatic rings. The first-order chi connectivity index (χ1) is 15.5. The van der Waals surface area contributed by atoms with Crippen LogP contribution in [0.3, 0.4) is 0 Å². The fourth-order valence-corrected chi connectivity index (χ4v) is 12.9. The fraction of sp³-hybridized carbons (Fsp3) is 1.00. The van der Waals surface area contributed by atoms with Gasteiger partial charge >= 0.3 is 27.0 Å². The van der Waals surface area contributed by atoms with Crippen molar-refractivity contribution in [1.82, 2.24) is 0 Å². The minimum absolute atomic E-state index is 0.103. The van der Waals surface area contributed by atoms with Crippen LogP contribution in [-0.2, 0) is 17.3 Å². The molecule has 0 aliphatic carbocycles. The molecule has 0 N–H and O–H groups in total. The molecule has 0 saturated carbocycles.